The smallest absolute Gasteiger partial charge is 0.326 e. The molecule has 4 rings (SSSR count). The van der Waals surface area contributed by atoms with Crippen LogP contribution in [-0.2, 0) is 21.5 Å². The second kappa shape index (κ2) is 8.62. The molecule has 0 saturated heterocycles. The lowest BCUT2D eigenvalue weighted by molar-refractivity contribution is -0.190. The van der Waals surface area contributed by atoms with E-state index >= 15 is 0 Å². The molecule has 1 aliphatic carbocycles. The molecule has 0 radical (unpaired) electrons. The average molecular weight is 486 g/mol. The third-order valence-electron chi connectivity index (χ3n) is 6.45. The van der Waals surface area contributed by atoms with Crippen LogP contribution >= 0.6 is 0 Å². The Balaban J connectivity index is 1.77. The number of ketones is 1. The second-order valence-electron chi connectivity index (χ2n) is 9.88. The van der Waals surface area contributed by atoms with Gasteiger partial charge in [0.15, 0.2) is 5.78 Å². The van der Waals surface area contributed by atoms with Crippen molar-refractivity contribution in [1.29, 1.82) is 0 Å². The molecule has 2 amide bonds. The summed E-state index contributed by atoms with van der Waals surface area (Å²) in [7, 11) is 0. The molecule has 1 aliphatic heterocycles. The van der Waals surface area contributed by atoms with Crippen LogP contribution in [-0.4, -0.2) is 39.2 Å². The normalized spacial score (nSPS) is 20.8. The van der Waals surface area contributed by atoms with E-state index in [1.54, 1.807) is 24.3 Å². The molecule has 2 aliphatic rings. The molecule has 0 fully saturated rings. The Morgan fingerprint density at radius 3 is 2.34 bits per heavy atom. The number of allylic oxidation sites excluding steroid dienone is 1. The summed E-state index contributed by atoms with van der Waals surface area (Å²) in [4.78, 5) is 44.4. The number of amides is 2. The van der Waals surface area contributed by atoms with E-state index in [0.29, 0.717) is 12.0 Å². The van der Waals surface area contributed by atoms with Gasteiger partial charge in [-0.15, -0.1) is 0 Å². The van der Waals surface area contributed by atoms with Gasteiger partial charge in [-0.2, -0.15) is 13.2 Å². The molecule has 0 spiro atoms. The molecule has 6 nitrogen and oxygen atoms in total. The average Bonchev–Trinajstić information content (AvgIpc) is 3.03. The molecule has 1 atom stereocenters. The third kappa shape index (κ3) is 4.24. The Bertz CT molecular complexity index is 1200. The number of halogens is 3. The molecule has 1 aromatic carbocycles. The van der Waals surface area contributed by atoms with E-state index < -0.39 is 34.9 Å². The number of rotatable bonds is 4. The monoisotopic (exact) mass is 485 g/mol. The largest absolute Gasteiger partial charge is 0.425 e. The van der Waals surface area contributed by atoms with Crippen molar-refractivity contribution in [3.8, 4) is 0 Å². The number of pyridine rings is 1. The summed E-state index contributed by atoms with van der Waals surface area (Å²) in [6, 6.07) is 9.41. The Morgan fingerprint density at radius 1 is 1.09 bits per heavy atom. The number of carbonyl (C=O) groups is 3. The first kappa shape index (κ1) is 24.6. The standard InChI is InChI=1S/C26H26F3N3O3/c1-24(2,3)18-11-9-17(10-12-18)22(34)31-25(26(27,28)29)21-19(7-4-8-20(21)33)32(23(25)35)15-16-6-5-13-30-14-16/h5-6,9-14H,4,7-8,15H2,1-3H3,(H,31,34). The van der Waals surface area contributed by atoms with Crippen LogP contribution in [0.3, 0.4) is 0 Å². The fraction of sp³-hybridized carbons (Fsp3) is 0.385. The van der Waals surface area contributed by atoms with E-state index in [1.165, 1.54) is 24.5 Å². The number of nitrogens with one attached hydrogen (secondary N) is 1. The van der Waals surface area contributed by atoms with Crippen LogP contribution in [0.2, 0.25) is 0 Å². The minimum atomic E-state index is -5.23. The fourth-order valence-electron chi connectivity index (χ4n) is 4.61. The van der Waals surface area contributed by atoms with Crippen molar-refractivity contribution in [2.24, 2.45) is 0 Å². The molecule has 9 heteroatoms. The molecular weight excluding hydrogens is 459 g/mol. The molecule has 0 saturated carbocycles. The van der Waals surface area contributed by atoms with Crippen molar-refractivity contribution in [3.63, 3.8) is 0 Å². The van der Waals surface area contributed by atoms with Crippen LogP contribution in [0.4, 0.5) is 13.2 Å². The van der Waals surface area contributed by atoms with Crippen molar-refractivity contribution >= 4 is 17.6 Å². The number of alkyl halides is 3. The first-order valence-corrected chi connectivity index (χ1v) is 11.3. The topological polar surface area (TPSA) is 79.4 Å². The number of hydrogen-bond donors (Lipinski definition) is 1. The minimum absolute atomic E-state index is 0.0100. The quantitative estimate of drug-likeness (QED) is 0.694. The van der Waals surface area contributed by atoms with E-state index in [-0.39, 0.29) is 36.1 Å². The van der Waals surface area contributed by atoms with Gasteiger partial charge in [0.05, 0.1) is 12.1 Å². The summed E-state index contributed by atoms with van der Waals surface area (Å²) < 4.78 is 44.3. The number of nitrogens with zero attached hydrogens (tertiary/aromatic N) is 2. The van der Waals surface area contributed by atoms with Gasteiger partial charge in [0.25, 0.3) is 11.8 Å². The highest BCUT2D eigenvalue weighted by molar-refractivity contribution is 6.14. The SMILES string of the molecule is CC(C)(C)c1ccc(C(=O)NC2(C(F)(F)F)C(=O)N(Cc3cccnc3)C3=C2C(=O)CCC3)cc1. The van der Waals surface area contributed by atoms with Crippen LogP contribution in [0.25, 0.3) is 0 Å². The molecule has 2 aromatic rings. The van der Waals surface area contributed by atoms with Gasteiger partial charge in [0, 0.05) is 30.1 Å². The Kier molecular flexibility index (Phi) is 6.07. The maximum atomic E-state index is 14.8. The number of carbonyl (C=O) groups excluding carboxylic acids is 3. The molecule has 0 bridgehead atoms. The lowest BCUT2D eigenvalue weighted by atomic mass is 9.81. The number of hydrogen-bond acceptors (Lipinski definition) is 4. The fourth-order valence-corrected chi connectivity index (χ4v) is 4.61. The van der Waals surface area contributed by atoms with Crippen molar-refractivity contribution in [1.82, 2.24) is 15.2 Å². The van der Waals surface area contributed by atoms with Crippen LogP contribution in [0.1, 0.15) is 61.5 Å². The third-order valence-corrected chi connectivity index (χ3v) is 6.45. The highest BCUT2D eigenvalue weighted by Gasteiger charge is 2.70. The van der Waals surface area contributed by atoms with Gasteiger partial charge in [0.1, 0.15) is 0 Å². The molecule has 1 unspecified atom stereocenters. The first-order chi connectivity index (χ1) is 16.4. The van der Waals surface area contributed by atoms with Gasteiger partial charge < -0.3 is 10.2 Å². The Labute approximate surface area is 201 Å². The van der Waals surface area contributed by atoms with Gasteiger partial charge in [-0.1, -0.05) is 39.0 Å². The minimum Gasteiger partial charge on any atom is -0.326 e. The van der Waals surface area contributed by atoms with Crippen molar-refractivity contribution in [2.45, 2.75) is 63.7 Å². The number of Topliss-reactive ketones (excluding diaryl/α,β-unsaturated/α-hetero) is 1. The zero-order valence-corrected chi connectivity index (χ0v) is 19.7. The van der Waals surface area contributed by atoms with Crippen LogP contribution < -0.4 is 5.32 Å². The zero-order valence-electron chi connectivity index (χ0n) is 19.7. The predicted molar refractivity (Wildman–Crippen MR) is 122 cm³/mol. The molecular formula is C26H26F3N3O3. The number of benzene rings is 1. The molecule has 35 heavy (non-hydrogen) atoms. The van der Waals surface area contributed by atoms with Crippen molar-refractivity contribution in [3.05, 3.63) is 76.8 Å². The number of aromatic nitrogens is 1. The molecule has 184 valence electrons. The van der Waals surface area contributed by atoms with E-state index in [0.717, 1.165) is 10.5 Å². The van der Waals surface area contributed by atoms with E-state index in [4.69, 9.17) is 0 Å². The van der Waals surface area contributed by atoms with Gasteiger partial charge in [-0.25, -0.2) is 0 Å². The maximum absolute atomic E-state index is 14.8. The zero-order chi connectivity index (χ0) is 25.6. The van der Waals surface area contributed by atoms with Gasteiger partial charge >= 0.3 is 6.18 Å². The van der Waals surface area contributed by atoms with Gasteiger partial charge in [-0.3, -0.25) is 19.4 Å². The Hall–Kier alpha value is -3.49. The summed E-state index contributed by atoms with van der Waals surface area (Å²) in [5.41, 5.74) is -2.96. The second-order valence-corrected chi connectivity index (χ2v) is 9.88. The van der Waals surface area contributed by atoms with Crippen LogP contribution in [0.5, 0.6) is 0 Å². The van der Waals surface area contributed by atoms with E-state index in [9.17, 15) is 27.6 Å². The van der Waals surface area contributed by atoms with E-state index in [1.807, 2.05) is 26.1 Å². The van der Waals surface area contributed by atoms with Crippen LogP contribution in [0, 0.1) is 0 Å². The van der Waals surface area contributed by atoms with E-state index in [2.05, 4.69) is 4.98 Å². The predicted octanol–water partition coefficient (Wildman–Crippen LogP) is 4.46. The molecule has 1 aromatic heterocycles. The van der Waals surface area contributed by atoms with Crippen molar-refractivity contribution < 1.29 is 27.6 Å². The maximum Gasteiger partial charge on any atom is 0.425 e. The molecule has 2 heterocycles. The molecule has 1 N–H and O–H groups in total. The highest BCUT2D eigenvalue weighted by atomic mass is 19.4. The van der Waals surface area contributed by atoms with Gasteiger partial charge in [-0.05, 0) is 47.6 Å². The summed E-state index contributed by atoms with van der Waals surface area (Å²) in [6.07, 6.45) is -1.95. The van der Waals surface area contributed by atoms with Crippen molar-refractivity contribution in [2.75, 3.05) is 0 Å². The first-order valence-electron chi connectivity index (χ1n) is 11.3. The summed E-state index contributed by atoms with van der Waals surface area (Å²) in [5, 5.41) is 1.95. The van der Waals surface area contributed by atoms with Gasteiger partial charge in [0.2, 0.25) is 5.54 Å². The summed E-state index contributed by atoms with van der Waals surface area (Å²) in [6.45, 7) is 5.72. The van der Waals surface area contributed by atoms with Crippen LogP contribution in [0.15, 0.2) is 60.1 Å². The Morgan fingerprint density at radius 2 is 1.77 bits per heavy atom. The summed E-state index contributed by atoms with van der Waals surface area (Å²) in [5.74, 6) is -3.24. The summed E-state index contributed by atoms with van der Waals surface area (Å²) >= 11 is 0. The lowest BCUT2D eigenvalue weighted by Crippen LogP contribution is -2.66. The highest BCUT2D eigenvalue weighted by Crippen LogP contribution is 2.48. The lowest BCUT2D eigenvalue weighted by Gasteiger charge is -2.33.